The van der Waals surface area contributed by atoms with Crippen molar-refractivity contribution in [3.05, 3.63) is 24.0 Å². The van der Waals surface area contributed by atoms with Crippen molar-refractivity contribution in [1.29, 1.82) is 0 Å². The van der Waals surface area contributed by atoms with Gasteiger partial charge in [0, 0.05) is 19.3 Å². The molecule has 9 heteroatoms. The lowest BCUT2D eigenvalue weighted by Crippen LogP contribution is -2.45. The van der Waals surface area contributed by atoms with Gasteiger partial charge in [-0.1, -0.05) is 13.8 Å². The van der Waals surface area contributed by atoms with Crippen molar-refractivity contribution in [3.8, 4) is 0 Å². The number of sulfone groups is 1. The quantitative estimate of drug-likeness (QED) is 0.673. The lowest BCUT2D eigenvalue weighted by Gasteiger charge is -2.37. The first kappa shape index (κ1) is 22.9. The fourth-order valence-corrected chi connectivity index (χ4v) is 5.06. The van der Waals surface area contributed by atoms with Crippen molar-refractivity contribution in [3.63, 3.8) is 0 Å². The van der Waals surface area contributed by atoms with E-state index in [0.717, 1.165) is 29.0 Å². The molecule has 1 aromatic carbocycles. The lowest BCUT2D eigenvalue weighted by atomic mass is 10.1. The van der Waals surface area contributed by atoms with Gasteiger partial charge in [-0.15, -0.1) is 0 Å². The van der Waals surface area contributed by atoms with Gasteiger partial charge in [-0.3, -0.25) is 4.90 Å². The molecular formula is C21H31N3O4S2. The van der Waals surface area contributed by atoms with E-state index in [1.807, 2.05) is 32.5 Å². The molecule has 3 rings (SSSR count). The van der Waals surface area contributed by atoms with Crippen molar-refractivity contribution in [1.82, 2.24) is 14.5 Å². The Hall–Kier alpha value is -1.74. The zero-order valence-electron chi connectivity index (χ0n) is 18.5. The molecule has 1 amide bonds. The van der Waals surface area contributed by atoms with Crippen molar-refractivity contribution >= 4 is 38.7 Å². The van der Waals surface area contributed by atoms with Gasteiger partial charge in [-0.05, 0) is 56.4 Å². The van der Waals surface area contributed by atoms with E-state index in [1.54, 1.807) is 23.1 Å². The minimum Gasteiger partial charge on any atom is -0.444 e. The van der Waals surface area contributed by atoms with E-state index in [-0.39, 0.29) is 17.0 Å². The van der Waals surface area contributed by atoms with Crippen LogP contribution in [-0.4, -0.2) is 58.4 Å². The van der Waals surface area contributed by atoms with Gasteiger partial charge in [-0.25, -0.2) is 18.2 Å². The van der Waals surface area contributed by atoms with Gasteiger partial charge in [0.25, 0.3) is 0 Å². The number of hydrogen-bond acceptors (Lipinski definition) is 6. The number of ether oxygens (including phenoxy) is 1. The highest BCUT2D eigenvalue weighted by Gasteiger charge is 2.36. The van der Waals surface area contributed by atoms with Crippen LogP contribution in [-0.2, 0) is 21.1 Å². The third kappa shape index (κ3) is 5.11. The van der Waals surface area contributed by atoms with Crippen molar-refractivity contribution in [2.75, 3.05) is 18.6 Å². The van der Waals surface area contributed by atoms with Crippen molar-refractivity contribution in [2.45, 2.75) is 69.4 Å². The van der Waals surface area contributed by atoms with Crippen LogP contribution in [0.1, 0.15) is 52.9 Å². The fourth-order valence-electron chi connectivity index (χ4n) is 3.58. The number of aromatic nitrogens is 2. The summed E-state index contributed by atoms with van der Waals surface area (Å²) in [5, 5.41) is 0.500. The average Bonchev–Trinajstić information content (AvgIpc) is 2.97. The first-order valence-electron chi connectivity index (χ1n) is 10.2. The molecule has 0 spiro atoms. The number of amides is 1. The average molecular weight is 454 g/mol. The summed E-state index contributed by atoms with van der Waals surface area (Å²) in [6.07, 6.45) is 1.62. The van der Waals surface area contributed by atoms with Gasteiger partial charge in [-0.2, -0.15) is 11.8 Å². The zero-order valence-corrected chi connectivity index (χ0v) is 20.1. The third-order valence-corrected chi connectivity index (χ3v) is 7.13. The Labute approximate surface area is 183 Å². The first-order valence-corrected chi connectivity index (χ1v) is 13.1. The highest BCUT2D eigenvalue weighted by atomic mass is 32.2. The first-order chi connectivity index (χ1) is 13.9. The molecule has 30 heavy (non-hydrogen) atoms. The summed E-state index contributed by atoms with van der Waals surface area (Å²) in [7, 11) is -3.31. The van der Waals surface area contributed by atoms with E-state index in [2.05, 4.69) is 18.4 Å². The fraction of sp³-hybridized carbons (Fsp3) is 0.619. The van der Waals surface area contributed by atoms with Gasteiger partial charge in [0.1, 0.15) is 11.4 Å². The Bertz CT molecular complexity index is 1040. The SMILES string of the molecule is CC(C)SCCC1c2nc3ccc(S(C)(=O)=O)cc3n2CCN1C(=O)OC(C)(C)C. The third-order valence-electron chi connectivity index (χ3n) is 4.89. The summed E-state index contributed by atoms with van der Waals surface area (Å²) >= 11 is 1.84. The molecule has 1 unspecified atom stereocenters. The normalized spacial score (nSPS) is 17.4. The Morgan fingerprint density at radius 2 is 2.00 bits per heavy atom. The van der Waals surface area contributed by atoms with Gasteiger partial charge >= 0.3 is 6.09 Å². The lowest BCUT2D eigenvalue weighted by molar-refractivity contribution is 0.00980. The second kappa shape index (κ2) is 8.42. The molecule has 1 aromatic heterocycles. The van der Waals surface area contributed by atoms with Crippen LogP contribution in [0.15, 0.2) is 23.1 Å². The highest BCUT2D eigenvalue weighted by molar-refractivity contribution is 7.99. The molecule has 1 aliphatic heterocycles. The molecule has 0 radical (unpaired) electrons. The second-order valence-electron chi connectivity index (χ2n) is 8.94. The molecule has 2 heterocycles. The number of nitrogens with zero attached hydrogens (tertiary/aromatic N) is 3. The molecule has 1 atom stereocenters. The predicted molar refractivity (Wildman–Crippen MR) is 121 cm³/mol. The minimum atomic E-state index is -3.31. The zero-order chi connectivity index (χ0) is 22.3. The highest BCUT2D eigenvalue weighted by Crippen LogP contribution is 2.34. The Morgan fingerprint density at radius 3 is 2.60 bits per heavy atom. The topological polar surface area (TPSA) is 81.5 Å². The molecule has 0 saturated heterocycles. The number of carbonyl (C=O) groups is 1. The predicted octanol–water partition coefficient (Wildman–Crippen LogP) is 4.26. The summed E-state index contributed by atoms with van der Waals surface area (Å²) in [5.74, 6) is 1.68. The summed E-state index contributed by atoms with van der Waals surface area (Å²) in [4.78, 5) is 19.8. The van der Waals surface area contributed by atoms with E-state index < -0.39 is 15.4 Å². The number of carbonyl (C=O) groups excluding carboxylic acids is 1. The monoisotopic (exact) mass is 453 g/mol. The smallest absolute Gasteiger partial charge is 0.410 e. The molecule has 0 bridgehead atoms. The molecule has 0 N–H and O–H groups in total. The molecule has 7 nitrogen and oxygen atoms in total. The standard InChI is InChI=1S/C21H31N3O4S2/c1-14(2)29-12-9-17-19-22-16-8-7-15(30(6,26)27)13-18(16)23(19)10-11-24(17)20(25)28-21(3,4)5/h7-8,13-14,17H,9-12H2,1-6H3. The van der Waals surface area contributed by atoms with Crippen LogP contribution in [0.5, 0.6) is 0 Å². The van der Waals surface area contributed by atoms with Crippen LogP contribution in [0, 0.1) is 0 Å². The van der Waals surface area contributed by atoms with Gasteiger partial charge in [0.2, 0.25) is 0 Å². The largest absolute Gasteiger partial charge is 0.444 e. The van der Waals surface area contributed by atoms with E-state index in [0.29, 0.717) is 18.3 Å². The van der Waals surface area contributed by atoms with E-state index in [1.165, 1.54) is 6.26 Å². The Balaban J connectivity index is 2.01. The molecule has 0 fully saturated rings. The van der Waals surface area contributed by atoms with Crippen LogP contribution < -0.4 is 0 Å². The van der Waals surface area contributed by atoms with E-state index in [4.69, 9.17) is 9.72 Å². The van der Waals surface area contributed by atoms with Crippen LogP contribution in [0.25, 0.3) is 11.0 Å². The number of fused-ring (bicyclic) bond motifs is 3. The molecule has 2 aromatic rings. The molecule has 0 saturated carbocycles. The summed E-state index contributed by atoms with van der Waals surface area (Å²) in [6.45, 7) is 10.9. The van der Waals surface area contributed by atoms with Crippen LogP contribution in [0.3, 0.4) is 0 Å². The maximum absolute atomic E-state index is 12.9. The van der Waals surface area contributed by atoms with Crippen molar-refractivity contribution < 1.29 is 17.9 Å². The number of rotatable bonds is 5. The van der Waals surface area contributed by atoms with Crippen LogP contribution in [0.2, 0.25) is 0 Å². The number of thioether (sulfide) groups is 1. The van der Waals surface area contributed by atoms with Gasteiger partial charge < -0.3 is 9.30 Å². The van der Waals surface area contributed by atoms with Gasteiger partial charge in [0.05, 0.1) is 22.0 Å². The van der Waals surface area contributed by atoms with Crippen molar-refractivity contribution in [2.24, 2.45) is 0 Å². The molecule has 0 aliphatic carbocycles. The Kier molecular flexibility index (Phi) is 6.43. The van der Waals surface area contributed by atoms with Crippen LogP contribution >= 0.6 is 11.8 Å². The maximum Gasteiger partial charge on any atom is 0.410 e. The molecule has 166 valence electrons. The Morgan fingerprint density at radius 1 is 1.30 bits per heavy atom. The summed E-state index contributed by atoms with van der Waals surface area (Å²) < 4.78 is 31.7. The molecule has 1 aliphatic rings. The molecular weight excluding hydrogens is 422 g/mol. The van der Waals surface area contributed by atoms with E-state index in [9.17, 15) is 13.2 Å². The number of hydrogen-bond donors (Lipinski definition) is 0. The number of imidazole rings is 1. The maximum atomic E-state index is 12.9. The van der Waals surface area contributed by atoms with Gasteiger partial charge in [0.15, 0.2) is 9.84 Å². The minimum absolute atomic E-state index is 0.214. The van der Waals surface area contributed by atoms with E-state index >= 15 is 0 Å². The number of benzene rings is 1. The second-order valence-corrected chi connectivity index (χ2v) is 12.6. The summed E-state index contributed by atoms with van der Waals surface area (Å²) in [6, 6.07) is 4.80. The summed E-state index contributed by atoms with van der Waals surface area (Å²) in [5.41, 5.74) is 0.958. The van der Waals surface area contributed by atoms with Crippen LogP contribution in [0.4, 0.5) is 4.79 Å².